The Kier molecular flexibility index (Phi) is 6.83. The highest BCUT2D eigenvalue weighted by atomic mass is 16.5. The lowest BCUT2D eigenvalue weighted by atomic mass is 9.94. The van der Waals surface area contributed by atoms with Crippen LogP contribution in [0.1, 0.15) is 62.0 Å². The van der Waals surface area contributed by atoms with Gasteiger partial charge < -0.3 is 9.64 Å². The van der Waals surface area contributed by atoms with Crippen molar-refractivity contribution in [1.29, 1.82) is 0 Å². The molecule has 1 saturated heterocycles. The van der Waals surface area contributed by atoms with E-state index >= 15 is 0 Å². The van der Waals surface area contributed by atoms with Gasteiger partial charge in [-0.05, 0) is 37.0 Å². The minimum absolute atomic E-state index is 0.200. The third-order valence-electron chi connectivity index (χ3n) is 6.05. The van der Waals surface area contributed by atoms with Gasteiger partial charge in [0.25, 0.3) is 0 Å². The molecule has 0 bridgehead atoms. The fourth-order valence-electron chi connectivity index (χ4n) is 4.27. The Labute approximate surface area is 189 Å². The number of rotatable bonds is 7. The maximum Gasteiger partial charge on any atom is 0.222 e. The van der Waals surface area contributed by atoms with Crippen molar-refractivity contribution in [3.8, 4) is 11.6 Å². The largest absolute Gasteiger partial charge is 0.497 e. The van der Waals surface area contributed by atoms with E-state index in [9.17, 15) is 4.79 Å². The molecule has 1 unspecified atom stereocenters. The van der Waals surface area contributed by atoms with E-state index in [2.05, 4.69) is 23.8 Å². The van der Waals surface area contributed by atoms with Crippen molar-refractivity contribution < 1.29 is 9.53 Å². The lowest BCUT2D eigenvalue weighted by Crippen LogP contribution is -2.39. The molecule has 0 aliphatic carbocycles. The van der Waals surface area contributed by atoms with Gasteiger partial charge in [-0.25, -0.2) is 9.97 Å². The van der Waals surface area contributed by atoms with Crippen LogP contribution in [0.2, 0.25) is 0 Å². The number of ether oxygens (including phenoxy) is 1. The predicted octanol–water partition coefficient (Wildman–Crippen LogP) is 4.13. The summed E-state index contributed by atoms with van der Waals surface area (Å²) < 4.78 is 7.20. The molecule has 1 aromatic carbocycles. The first-order chi connectivity index (χ1) is 15.5. The number of methoxy groups -OCH3 is 1. The minimum Gasteiger partial charge on any atom is -0.497 e. The molecule has 1 aliphatic rings. The molecule has 7 nitrogen and oxygen atoms in total. The van der Waals surface area contributed by atoms with Crippen molar-refractivity contribution in [3.05, 3.63) is 66.1 Å². The zero-order valence-corrected chi connectivity index (χ0v) is 19.1. The van der Waals surface area contributed by atoms with Gasteiger partial charge in [0, 0.05) is 49.9 Å². The number of hydrogen-bond donors (Lipinski definition) is 0. The van der Waals surface area contributed by atoms with E-state index < -0.39 is 0 Å². The van der Waals surface area contributed by atoms with Gasteiger partial charge in [-0.3, -0.25) is 14.3 Å². The molecule has 0 N–H and O–H groups in total. The molecule has 168 valence electrons. The normalized spacial score (nSPS) is 16.4. The van der Waals surface area contributed by atoms with Crippen molar-refractivity contribution >= 4 is 5.91 Å². The van der Waals surface area contributed by atoms with Crippen molar-refractivity contribution in [2.24, 2.45) is 0 Å². The molecule has 32 heavy (non-hydrogen) atoms. The van der Waals surface area contributed by atoms with E-state index in [1.807, 2.05) is 46.1 Å². The van der Waals surface area contributed by atoms with Crippen LogP contribution < -0.4 is 4.74 Å². The standard InChI is InChI=1S/C25H31N5O2/c1-18(2)25-27-12-14-30(25)23-16-26-15-22(28-23)20-5-4-13-29(17-20)24(31)11-8-19-6-9-21(32-3)10-7-19/h6-7,9-10,12,14-16,18,20H,4-5,8,11,13,17H2,1-3H3. The summed E-state index contributed by atoms with van der Waals surface area (Å²) in [5.41, 5.74) is 2.09. The summed E-state index contributed by atoms with van der Waals surface area (Å²) >= 11 is 0. The molecule has 1 aliphatic heterocycles. The molecule has 1 fully saturated rings. The van der Waals surface area contributed by atoms with Crippen LogP contribution in [0.3, 0.4) is 0 Å². The number of hydrogen-bond acceptors (Lipinski definition) is 5. The van der Waals surface area contributed by atoms with E-state index in [1.54, 1.807) is 19.5 Å². The van der Waals surface area contributed by atoms with Gasteiger partial charge in [-0.2, -0.15) is 0 Å². The second kappa shape index (κ2) is 9.94. The van der Waals surface area contributed by atoms with Gasteiger partial charge in [0.1, 0.15) is 11.6 Å². The number of imidazole rings is 1. The van der Waals surface area contributed by atoms with Gasteiger partial charge in [0.2, 0.25) is 5.91 Å². The number of aryl methyl sites for hydroxylation is 1. The highest BCUT2D eigenvalue weighted by Gasteiger charge is 2.26. The number of piperidine rings is 1. The van der Waals surface area contributed by atoms with Gasteiger partial charge >= 0.3 is 0 Å². The van der Waals surface area contributed by atoms with E-state index in [0.717, 1.165) is 54.5 Å². The van der Waals surface area contributed by atoms with E-state index in [1.165, 1.54) is 0 Å². The van der Waals surface area contributed by atoms with Crippen molar-refractivity contribution in [3.63, 3.8) is 0 Å². The second-order valence-corrected chi connectivity index (χ2v) is 8.64. The number of carbonyl (C=O) groups excluding carboxylic acids is 1. The minimum atomic E-state index is 0.200. The summed E-state index contributed by atoms with van der Waals surface area (Å²) in [6.07, 6.45) is 10.6. The number of nitrogens with zero attached hydrogens (tertiary/aromatic N) is 5. The molecule has 0 spiro atoms. The summed E-state index contributed by atoms with van der Waals surface area (Å²) in [6, 6.07) is 7.92. The highest BCUT2D eigenvalue weighted by molar-refractivity contribution is 5.76. The maximum atomic E-state index is 12.9. The van der Waals surface area contributed by atoms with Gasteiger partial charge in [0.15, 0.2) is 5.82 Å². The first-order valence-electron chi connectivity index (χ1n) is 11.3. The average molecular weight is 434 g/mol. The Morgan fingerprint density at radius 1 is 1.22 bits per heavy atom. The van der Waals surface area contributed by atoms with Gasteiger partial charge in [-0.15, -0.1) is 0 Å². The third kappa shape index (κ3) is 4.98. The predicted molar refractivity (Wildman–Crippen MR) is 123 cm³/mol. The highest BCUT2D eigenvalue weighted by Crippen LogP contribution is 2.27. The zero-order valence-electron chi connectivity index (χ0n) is 19.1. The molecule has 3 heterocycles. The second-order valence-electron chi connectivity index (χ2n) is 8.64. The summed E-state index contributed by atoms with van der Waals surface area (Å²) in [4.78, 5) is 28.7. The summed E-state index contributed by atoms with van der Waals surface area (Å²) in [5.74, 6) is 3.28. The maximum absolute atomic E-state index is 12.9. The fraction of sp³-hybridized carbons (Fsp3) is 0.440. The Morgan fingerprint density at radius 3 is 2.78 bits per heavy atom. The number of benzene rings is 1. The number of aromatic nitrogens is 4. The lowest BCUT2D eigenvalue weighted by Gasteiger charge is -2.32. The molecule has 0 saturated carbocycles. The van der Waals surface area contributed by atoms with Crippen LogP contribution in [0, 0.1) is 0 Å². The van der Waals surface area contributed by atoms with Crippen molar-refractivity contribution in [2.45, 2.75) is 51.4 Å². The van der Waals surface area contributed by atoms with Gasteiger partial charge in [-0.1, -0.05) is 26.0 Å². The van der Waals surface area contributed by atoms with E-state index in [0.29, 0.717) is 18.9 Å². The Morgan fingerprint density at radius 2 is 2.03 bits per heavy atom. The molecule has 1 amide bonds. The summed E-state index contributed by atoms with van der Waals surface area (Å²) in [5, 5.41) is 0. The Hall–Kier alpha value is -3.22. The molecular weight excluding hydrogens is 402 g/mol. The Balaban J connectivity index is 1.41. The monoisotopic (exact) mass is 433 g/mol. The quantitative estimate of drug-likeness (QED) is 0.560. The number of likely N-dealkylation sites (tertiary alicyclic amines) is 1. The summed E-state index contributed by atoms with van der Waals surface area (Å²) in [6.45, 7) is 5.74. The topological polar surface area (TPSA) is 73.1 Å². The van der Waals surface area contributed by atoms with Crippen LogP contribution in [0.4, 0.5) is 0 Å². The van der Waals surface area contributed by atoms with Crippen molar-refractivity contribution in [2.75, 3.05) is 20.2 Å². The van der Waals surface area contributed by atoms with Crippen LogP contribution in [0.15, 0.2) is 49.1 Å². The zero-order chi connectivity index (χ0) is 22.5. The first kappa shape index (κ1) is 22.0. The van der Waals surface area contributed by atoms with Crippen LogP contribution in [0.5, 0.6) is 5.75 Å². The van der Waals surface area contributed by atoms with Crippen LogP contribution >= 0.6 is 0 Å². The summed E-state index contributed by atoms with van der Waals surface area (Å²) in [7, 11) is 1.66. The first-order valence-corrected chi connectivity index (χ1v) is 11.3. The molecule has 3 aromatic rings. The molecule has 4 rings (SSSR count). The lowest BCUT2D eigenvalue weighted by molar-refractivity contribution is -0.132. The van der Waals surface area contributed by atoms with Crippen molar-refractivity contribution in [1.82, 2.24) is 24.4 Å². The Bertz CT molecular complexity index is 1040. The fourth-order valence-corrected chi connectivity index (χ4v) is 4.27. The molecular formula is C25H31N5O2. The van der Waals surface area contributed by atoms with E-state index in [-0.39, 0.29) is 11.8 Å². The molecule has 1 atom stereocenters. The molecule has 7 heteroatoms. The van der Waals surface area contributed by atoms with Crippen LogP contribution in [0.25, 0.3) is 5.82 Å². The van der Waals surface area contributed by atoms with Gasteiger partial charge in [0.05, 0.1) is 19.0 Å². The third-order valence-corrected chi connectivity index (χ3v) is 6.05. The molecule has 0 radical (unpaired) electrons. The van der Waals surface area contributed by atoms with Crippen LogP contribution in [-0.4, -0.2) is 50.5 Å². The van der Waals surface area contributed by atoms with Crippen LogP contribution in [-0.2, 0) is 11.2 Å². The van der Waals surface area contributed by atoms with E-state index in [4.69, 9.17) is 9.72 Å². The number of amides is 1. The average Bonchev–Trinajstić information content (AvgIpc) is 3.34. The smallest absolute Gasteiger partial charge is 0.222 e. The number of carbonyl (C=O) groups is 1. The SMILES string of the molecule is COc1ccc(CCC(=O)N2CCCC(c3cncc(-n4ccnc4C(C)C)n3)C2)cc1. The molecule has 2 aromatic heterocycles.